The van der Waals surface area contributed by atoms with Crippen LogP contribution in [0.15, 0.2) is 24.4 Å². The molecule has 0 aliphatic rings. The molecule has 0 aliphatic heterocycles. The minimum atomic E-state index is -1.39. The molecule has 2 aromatic rings. The van der Waals surface area contributed by atoms with E-state index in [1.165, 1.54) is 10.9 Å². The van der Waals surface area contributed by atoms with Crippen molar-refractivity contribution in [2.75, 3.05) is 0 Å². The second-order valence-corrected chi connectivity index (χ2v) is 3.17. The Kier molecular flexibility index (Phi) is 2.49. The molecule has 0 aliphatic carbocycles. The molecule has 0 saturated carbocycles. The van der Waals surface area contributed by atoms with Gasteiger partial charge in [-0.3, -0.25) is 9.67 Å². The van der Waals surface area contributed by atoms with E-state index in [1.807, 2.05) is 0 Å². The van der Waals surface area contributed by atoms with Gasteiger partial charge in [-0.2, -0.15) is 0 Å². The molecule has 6 heteroatoms. The predicted octanol–water partition coefficient (Wildman–Crippen LogP) is 0.0628. The Morgan fingerprint density at radius 2 is 2.20 bits per heavy atom. The molecule has 2 aromatic heterocycles. The highest BCUT2D eigenvalue weighted by Gasteiger charge is 2.17. The van der Waals surface area contributed by atoms with Crippen molar-refractivity contribution < 1.29 is 4.39 Å². The fourth-order valence-corrected chi connectivity index (χ4v) is 1.24. The van der Waals surface area contributed by atoms with Crippen molar-refractivity contribution in [3.8, 4) is 0 Å². The van der Waals surface area contributed by atoms with Gasteiger partial charge >= 0.3 is 0 Å². The highest BCUT2D eigenvalue weighted by molar-refractivity contribution is 6.30. The van der Waals surface area contributed by atoms with Crippen molar-refractivity contribution in [2.24, 2.45) is 7.05 Å². The van der Waals surface area contributed by atoms with Gasteiger partial charge in [-0.25, -0.2) is 4.39 Å². The average Bonchev–Trinajstić information content (AvgIpc) is 2.64. The molecule has 1 atom stereocenters. The molecule has 0 fully saturated rings. The zero-order valence-corrected chi connectivity index (χ0v) is 8.13. The number of halogens is 1. The fraction of sp³-hybridized carbons (Fsp3) is 0.222. The lowest BCUT2D eigenvalue weighted by molar-refractivity contribution is 0.385. The lowest BCUT2D eigenvalue weighted by atomic mass is 10.0. The SMILES string of the molecule is [B]c1cccc(C(F)c2cn(C)nn2)n1. The summed E-state index contributed by atoms with van der Waals surface area (Å²) in [6, 6.07) is 4.82. The summed E-state index contributed by atoms with van der Waals surface area (Å²) < 4.78 is 15.3. The number of aromatic nitrogens is 4. The molecule has 0 bridgehead atoms. The molecular formula is C9H8BFN4. The summed E-state index contributed by atoms with van der Waals surface area (Å²) in [5.41, 5.74) is 0.769. The highest BCUT2D eigenvalue weighted by Crippen LogP contribution is 2.20. The number of hydrogen-bond acceptors (Lipinski definition) is 3. The van der Waals surface area contributed by atoms with Crippen molar-refractivity contribution in [2.45, 2.75) is 6.17 Å². The Labute approximate surface area is 87.6 Å². The van der Waals surface area contributed by atoms with Crippen LogP contribution in [0.2, 0.25) is 0 Å². The van der Waals surface area contributed by atoms with E-state index in [0.29, 0.717) is 5.59 Å². The molecule has 0 aromatic carbocycles. The van der Waals surface area contributed by atoms with E-state index in [4.69, 9.17) is 7.85 Å². The largest absolute Gasteiger partial charge is 0.266 e. The van der Waals surface area contributed by atoms with Crippen LogP contribution in [0.5, 0.6) is 0 Å². The highest BCUT2D eigenvalue weighted by atomic mass is 19.1. The third-order valence-electron chi connectivity index (χ3n) is 1.93. The van der Waals surface area contributed by atoms with Crippen molar-refractivity contribution >= 4 is 13.4 Å². The quantitative estimate of drug-likeness (QED) is 0.647. The smallest absolute Gasteiger partial charge is 0.187 e. The van der Waals surface area contributed by atoms with Gasteiger partial charge in [0.15, 0.2) is 6.17 Å². The van der Waals surface area contributed by atoms with E-state index in [2.05, 4.69) is 15.3 Å². The Morgan fingerprint density at radius 3 is 2.80 bits per heavy atom. The molecule has 2 heterocycles. The standard InChI is InChI=1S/C9H8BFN4/c1-15-5-7(13-14-15)9(11)6-3-2-4-8(10)12-6/h2-5,9H,1H3. The lowest BCUT2D eigenvalue weighted by Crippen LogP contribution is -2.11. The van der Waals surface area contributed by atoms with Gasteiger partial charge in [-0.1, -0.05) is 17.3 Å². The first-order chi connectivity index (χ1) is 7.16. The Morgan fingerprint density at radius 1 is 1.40 bits per heavy atom. The van der Waals surface area contributed by atoms with Crippen LogP contribution < -0.4 is 5.59 Å². The lowest BCUT2D eigenvalue weighted by Gasteiger charge is -2.04. The molecule has 0 spiro atoms. The minimum absolute atomic E-state index is 0.232. The zero-order valence-electron chi connectivity index (χ0n) is 8.13. The van der Waals surface area contributed by atoms with Crippen LogP contribution in [0, 0.1) is 0 Å². The second-order valence-electron chi connectivity index (χ2n) is 3.17. The van der Waals surface area contributed by atoms with E-state index in [9.17, 15) is 4.39 Å². The number of aryl methyl sites for hydroxylation is 1. The molecule has 4 nitrogen and oxygen atoms in total. The van der Waals surface area contributed by atoms with Gasteiger partial charge in [-0.15, -0.1) is 5.10 Å². The molecular weight excluding hydrogens is 194 g/mol. The Balaban J connectivity index is 2.32. The van der Waals surface area contributed by atoms with E-state index in [0.717, 1.165) is 0 Å². The summed E-state index contributed by atoms with van der Waals surface area (Å²) in [6.45, 7) is 0. The van der Waals surface area contributed by atoms with E-state index >= 15 is 0 Å². The summed E-state index contributed by atoms with van der Waals surface area (Å²) in [6.07, 6.45) is 0.123. The van der Waals surface area contributed by atoms with Crippen molar-refractivity contribution in [1.82, 2.24) is 20.0 Å². The molecule has 2 rings (SSSR count). The van der Waals surface area contributed by atoms with Gasteiger partial charge in [0.2, 0.25) is 0 Å². The summed E-state index contributed by atoms with van der Waals surface area (Å²) in [5, 5.41) is 7.33. The van der Waals surface area contributed by atoms with Crippen molar-refractivity contribution in [3.05, 3.63) is 35.8 Å². The maximum atomic E-state index is 13.8. The van der Waals surface area contributed by atoms with E-state index in [-0.39, 0.29) is 11.4 Å². The molecule has 1 unspecified atom stereocenters. The first-order valence-corrected chi connectivity index (χ1v) is 4.39. The number of alkyl halides is 1. The van der Waals surface area contributed by atoms with Crippen LogP contribution in [-0.4, -0.2) is 27.8 Å². The molecule has 74 valence electrons. The van der Waals surface area contributed by atoms with Crippen LogP contribution >= 0.6 is 0 Å². The van der Waals surface area contributed by atoms with Gasteiger partial charge in [0.05, 0.1) is 11.9 Å². The molecule has 2 radical (unpaired) electrons. The van der Waals surface area contributed by atoms with Crippen LogP contribution in [-0.2, 0) is 7.05 Å². The number of hydrogen-bond donors (Lipinski definition) is 0. The topological polar surface area (TPSA) is 43.6 Å². The second kappa shape index (κ2) is 3.80. The average molecular weight is 202 g/mol. The number of rotatable bonds is 2. The van der Waals surface area contributed by atoms with Gasteiger partial charge in [-0.05, 0) is 11.7 Å². The van der Waals surface area contributed by atoms with Crippen LogP contribution in [0.4, 0.5) is 4.39 Å². The monoisotopic (exact) mass is 202 g/mol. The third kappa shape index (κ3) is 2.03. The third-order valence-corrected chi connectivity index (χ3v) is 1.93. The maximum absolute atomic E-state index is 13.8. The molecule has 0 N–H and O–H groups in total. The van der Waals surface area contributed by atoms with Crippen LogP contribution in [0.25, 0.3) is 0 Å². The first-order valence-electron chi connectivity index (χ1n) is 4.39. The summed E-state index contributed by atoms with van der Waals surface area (Å²) in [5.74, 6) is 0. The summed E-state index contributed by atoms with van der Waals surface area (Å²) in [7, 11) is 7.14. The van der Waals surface area contributed by atoms with E-state index in [1.54, 1.807) is 25.2 Å². The molecule has 15 heavy (non-hydrogen) atoms. The summed E-state index contributed by atoms with van der Waals surface area (Å²) in [4.78, 5) is 3.88. The maximum Gasteiger partial charge on any atom is 0.187 e. The zero-order chi connectivity index (χ0) is 10.8. The Hall–Kier alpha value is -1.72. The van der Waals surface area contributed by atoms with Crippen LogP contribution in [0.1, 0.15) is 17.6 Å². The summed E-state index contributed by atoms with van der Waals surface area (Å²) >= 11 is 0. The molecule has 0 saturated heterocycles. The van der Waals surface area contributed by atoms with Gasteiger partial charge in [0, 0.05) is 7.05 Å². The number of nitrogens with zero attached hydrogens (tertiary/aromatic N) is 4. The van der Waals surface area contributed by atoms with Gasteiger partial charge < -0.3 is 0 Å². The molecule has 0 amide bonds. The van der Waals surface area contributed by atoms with Crippen molar-refractivity contribution in [3.63, 3.8) is 0 Å². The normalized spacial score (nSPS) is 12.7. The first kappa shape index (κ1) is 9.83. The minimum Gasteiger partial charge on any atom is -0.266 e. The van der Waals surface area contributed by atoms with Gasteiger partial charge in [0.25, 0.3) is 0 Å². The van der Waals surface area contributed by atoms with Gasteiger partial charge in [0.1, 0.15) is 13.5 Å². The van der Waals surface area contributed by atoms with Crippen LogP contribution in [0.3, 0.4) is 0 Å². The number of pyridine rings is 1. The fourth-order valence-electron chi connectivity index (χ4n) is 1.24. The van der Waals surface area contributed by atoms with Crippen molar-refractivity contribution in [1.29, 1.82) is 0 Å². The van der Waals surface area contributed by atoms with E-state index < -0.39 is 6.17 Å². The predicted molar refractivity (Wildman–Crippen MR) is 53.6 cm³/mol. The Bertz CT molecular complexity index is 471.